The average molecular weight is 425 g/mol. The molecule has 23 heavy (non-hydrogen) atoms. The molecule has 0 atom stereocenters. The van der Waals surface area contributed by atoms with E-state index in [0.717, 1.165) is 24.5 Å². The quantitative estimate of drug-likeness (QED) is 0.710. The van der Waals surface area contributed by atoms with E-state index in [9.17, 15) is 9.18 Å². The molecular weight excluding hydrogens is 408 g/mol. The molecule has 0 spiro atoms. The Morgan fingerprint density at radius 2 is 1.78 bits per heavy atom. The van der Waals surface area contributed by atoms with E-state index < -0.39 is 0 Å². The van der Waals surface area contributed by atoms with E-state index in [1.807, 2.05) is 29.2 Å². The Morgan fingerprint density at radius 1 is 1.09 bits per heavy atom. The molecular formula is C17H17FIN3O. The van der Waals surface area contributed by atoms with E-state index in [2.05, 4.69) is 32.5 Å². The van der Waals surface area contributed by atoms with E-state index >= 15 is 0 Å². The molecule has 0 N–H and O–H groups in total. The topological polar surface area (TPSA) is 36.4 Å². The molecule has 1 saturated heterocycles. The fraction of sp³-hybridized carbons (Fsp3) is 0.294. The third-order valence-electron chi connectivity index (χ3n) is 3.94. The second-order valence-electron chi connectivity index (χ2n) is 5.51. The van der Waals surface area contributed by atoms with Gasteiger partial charge in [0.05, 0.1) is 12.6 Å². The number of anilines is 1. The van der Waals surface area contributed by atoms with Gasteiger partial charge in [-0.25, -0.2) is 9.37 Å². The summed E-state index contributed by atoms with van der Waals surface area (Å²) in [6.45, 7) is 2.78. The minimum absolute atomic E-state index is 0.151. The molecule has 6 heteroatoms. The second-order valence-corrected chi connectivity index (χ2v) is 6.75. The summed E-state index contributed by atoms with van der Waals surface area (Å²) >= 11 is 2.25. The van der Waals surface area contributed by atoms with Gasteiger partial charge in [0.25, 0.3) is 0 Å². The van der Waals surface area contributed by atoms with Crippen molar-refractivity contribution in [1.29, 1.82) is 0 Å². The summed E-state index contributed by atoms with van der Waals surface area (Å²) < 4.78 is 14.1. The van der Waals surface area contributed by atoms with Crippen LogP contribution in [0.3, 0.4) is 0 Å². The van der Waals surface area contributed by atoms with E-state index in [1.165, 1.54) is 15.8 Å². The summed E-state index contributed by atoms with van der Waals surface area (Å²) in [5.74, 6) is 0.578. The minimum atomic E-state index is -0.333. The van der Waals surface area contributed by atoms with Crippen LogP contribution in [0.25, 0.3) is 0 Å². The van der Waals surface area contributed by atoms with Crippen LogP contribution >= 0.6 is 22.6 Å². The van der Waals surface area contributed by atoms with Gasteiger partial charge in [0, 0.05) is 29.7 Å². The zero-order chi connectivity index (χ0) is 16.2. The highest BCUT2D eigenvalue weighted by atomic mass is 127. The van der Waals surface area contributed by atoms with Crippen LogP contribution in [0.4, 0.5) is 10.2 Å². The summed E-state index contributed by atoms with van der Waals surface area (Å²) in [6, 6.07) is 11.1. The van der Waals surface area contributed by atoms with E-state index in [-0.39, 0.29) is 11.7 Å². The van der Waals surface area contributed by atoms with Crippen molar-refractivity contribution in [1.82, 2.24) is 9.88 Å². The first-order valence-electron chi connectivity index (χ1n) is 7.50. The number of nitrogens with zero attached hydrogens (tertiary/aromatic N) is 3. The van der Waals surface area contributed by atoms with Gasteiger partial charge in [-0.05, 0) is 52.4 Å². The van der Waals surface area contributed by atoms with Gasteiger partial charge < -0.3 is 9.80 Å². The van der Waals surface area contributed by atoms with Gasteiger partial charge in [-0.1, -0.05) is 12.1 Å². The number of piperazine rings is 1. The molecule has 1 amide bonds. The predicted molar refractivity (Wildman–Crippen MR) is 95.9 cm³/mol. The highest BCUT2D eigenvalue weighted by molar-refractivity contribution is 14.1. The molecule has 0 saturated carbocycles. The van der Waals surface area contributed by atoms with Gasteiger partial charge in [0.15, 0.2) is 0 Å². The van der Waals surface area contributed by atoms with Crippen LogP contribution in [-0.2, 0) is 11.2 Å². The maximum atomic E-state index is 12.9. The Kier molecular flexibility index (Phi) is 5.09. The summed E-state index contributed by atoms with van der Waals surface area (Å²) in [5.41, 5.74) is 1.04. The van der Waals surface area contributed by atoms with Crippen LogP contribution in [0.5, 0.6) is 0 Å². The molecule has 3 rings (SSSR count). The normalized spacial score (nSPS) is 14.9. The Balaban J connectivity index is 1.54. The van der Waals surface area contributed by atoms with Crippen LogP contribution in [0.15, 0.2) is 42.6 Å². The zero-order valence-corrected chi connectivity index (χ0v) is 14.7. The lowest BCUT2D eigenvalue weighted by Gasteiger charge is -2.35. The number of halogens is 2. The number of rotatable bonds is 3. The van der Waals surface area contributed by atoms with Crippen molar-refractivity contribution < 1.29 is 9.18 Å². The number of aromatic nitrogens is 1. The lowest BCUT2D eigenvalue weighted by Crippen LogP contribution is -2.49. The zero-order valence-electron chi connectivity index (χ0n) is 12.6. The number of hydrogen-bond acceptors (Lipinski definition) is 3. The highest BCUT2D eigenvalue weighted by Crippen LogP contribution is 2.15. The second kappa shape index (κ2) is 7.25. The third kappa shape index (κ3) is 4.19. The van der Waals surface area contributed by atoms with Gasteiger partial charge in [-0.15, -0.1) is 0 Å². The molecule has 1 aliphatic heterocycles. The largest absolute Gasteiger partial charge is 0.353 e. The molecule has 4 nitrogen and oxygen atoms in total. The van der Waals surface area contributed by atoms with Crippen molar-refractivity contribution in [3.63, 3.8) is 0 Å². The standard InChI is InChI=1S/C17H17FIN3O/c18-14-3-6-16(20-12-14)21-7-9-22(10-8-21)17(23)11-13-1-4-15(19)5-2-13/h1-6,12H,7-11H2. The maximum absolute atomic E-state index is 12.9. The molecule has 1 aromatic heterocycles. The molecule has 1 aromatic carbocycles. The average Bonchev–Trinajstić information content (AvgIpc) is 2.58. The van der Waals surface area contributed by atoms with Gasteiger partial charge >= 0.3 is 0 Å². The first kappa shape index (κ1) is 16.2. The first-order valence-corrected chi connectivity index (χ1v) is 8.58. The molecule has 2 heterocycles. The number of pyridine rings is 1. The van der Waals surface area contributed by atoms with Crippen molar-refractivity contribution in [2.24, 2.45) is 0 Å². The molecule has 0 bridgehead atoms. The molecule has 120 valence electrons. The monoisotopic (exact) mass is 425 g/mol. The number of carbonyl (C=O) groups excluding carboxylic acids is 1. The Labute approximate surface area is 148 Å². The maximum Gasteiger partial charge on any atom is 0.227 e. The van der Waals surface area contributed by atoms with Crippen LogP contribution < -0.4 is 4.90 Å². The van der Waals surface area contributed by atoms with Gasteiger partial charge in [-0.3, -0.25) is 4.79 Å². The summed E-state index contributed by atoms with van der Waals surface area (Å²) in [6.07, 6.45) is 1.66. The number of amides is 1. The van der Waals surface area contributed by atoms with Crippen molar-refractivity contribution in [3.8, 4) is 0 Å². The van der Waals surface area contributed by atoms with Crippen LogP contribution in [0.2, 0.25) is 0 Å². The highest BCUT2D eigenvalue weighted by Gasteiger charge is 2.21. The Morgan fingerprint density at radius 3 is 2.39 bits per heavy atom. The fourth-order valence-corrected chi connectivity index (χ4v) is 2.99. The lowest BCUT2D eigenvalue weighted by atomic mass is 10.1. The van der Waals surface area contributed by atoms with E-state index in [0.29, 0.717) is 19.5 Å². The van der Waals surface area contributed by atoms with Crippen molar-refractivity contribution in [2.75, 3.05) is 31.1 Å². The first-order chi connectivity index (χ1) is 11.1. The van der Waals surface area contributed by atoms with E-state index in [4.69, 9.17) is 0 Å². The van der Waals surface area contributed by atoms with Crippen molar-refractivity contribution >= 4 is 34.3 Å². The lowest BCUT2D eigenvalue weighted by molar-refractivity contribution is -0.130. The summed E-state index contributed by atoms with van der Waals surface area (Å²) in [7, 11) is 0. The third-order valence-corrected chi connectivity index (χ3v) is 4.66. The summed E-state index contributed by atoms with van der Waals surface area (Å²) in [5, 5.41) is 0. The molecule has 0 unspecified atom stereocenters. The van der Waals surface area contributed by atoms with Crippen LogP contribution in [0, 0.1) is 9.39 Å². The molecule has 1 aliphatic rings. The van der Waals surface area contributed by atoms with Crippen LogP contribution in [-0.4, -0.2) is 42.0 Å². The van der Waals surface area contributed by atoms with Crippen LogP contribution in [0.1, 0.15) is 5.56 Å². The fourth-order valence-electron chi connectivity index (χ4n) is 2.63. The number of carbonyl (C=O) groups is 1. The molecule has 0 aliphatic carbocycles. The number of benzene rings is 1. The van der Waals surface area contributed by atoms with Crippen molar-refractivity contribution in [2.45, 2.75) is 6.42 Å². The molecule has 2 aromatic rings. The van der Waals surface area contributed by atoms with Gasteiger partial charge in [0.1, 0.15) is 11.6 Å². The predicted octanol–water partition coefficient (Wildman–Crippen LogP) is 2.72. The molecule has 0 radical (unpaired) electrons. The Bertz CT molecular complexity index is 667. The SMILES string of the molecule is O=C(Cc1ccc(I)cc1)N1CCN(c2ccc(F)cn2)CC1. The smallest absolute Gasteiger partial charge is 0.227 e. The van der Waals surface area contributed by atoms with E-state index in [1.54, 1.807) is 6.07 Å². The summed E-state index contributed by atoms with van der Waals surface area (Å²) in [4.78, 5) is 20.4. The minimum Gasteiger partial charge on any atom is -0.353 e. The van der Waals surface area contributed by atoms with Crippen molar-refractivity contribution in [3.05, 3.63) is 57.5 Å². The van der Waals surface area contributed by atoms with Gasteiger partial charge in [0.2, 0.25) is 5.91 Å². The number of hydrogen-bond donors (Lipinski definition) is 0. The Hall–Kier alpha value is -1.70. The molecule has 1 fully saturated rings. The van der Waals surface area contributed by atoms with Gasteiger partial charge in [-0.2, -0.15) is 0 Å².